The Labute approximate surface area is 98.3 Å². The maximum Gasteiger partial charge on any atom is 0.139 e. The van der Waals surface area contributed by atoms with Crippen molar-refractivity contribution in [3.8, 4) is 0 Å². The highest BCUT2D eigenvalue weighted by atomic mass is 16.4. The van der Waals surface area contributed by atoms with E-state index >= 15 is 0 Å². The zero-order valence-electron chi connectivity index (χ0n) is 10.4. The van der Waals surface area contributed by atoms with Gasteiger partial charge in [0.25, 0.3) is 0 Å². The predicted molar refractivity (Wildman–Crippen MR) is 66.6 cm³/mol. The summed E-state index contributed by atoms with van der Waals surface area (Å²) in [5.41, 5.74) is 5.41. The van der Waals surface area contributed by atoms with Crippen molar-refractivity contribution >= 4 is 5.84 Å². The van der Waals surface area contributed by atoms with Crippen molar-refractivity contribution in [3.63, 3.8) is 0 Å². The van der Waals surface area contributed by atoms with E-state index in [9.17, 15) is 0 Å². The van der Waals surface area contributed by atoms with Crippen LogP contribution in [0.2, 0.25) is 0 Å². The minimum absolute atomic E-state index is 0.327. The van der Waals surface area contributed by atoms with Crippen LogP contribution < -0.4 is 11.1 Å². The summed E-state index contributed by atoms with van der Waals surface area (Å²) in [5.74, 6) is 2.00. The van der Waals surface area contributed by atoms with E-state index in [0.29, 0.717) is 18.3 Å². The number of rotatable bonds is 6. The Morgan fingerprint density at radius 1 is 1.50 bits per heavy atom. The van der Waals surface area contributed by atoms with Gasteiger partial charge >= 0.3 is 0 Å². The van der Waals surface area contributed by atoms with E-state index in [1.54, 1.807) is 0 Å². The van der Waals surface area contributed by atoms with Crippen LogP contribution in [0.15, 0.2) is 5.16 Å². The fraction of sp³-hybridized carbons (Fsp3) is 0.917. The molecule has 1 saturated carbocycles. The van der Waals surface area contributed by atoms with Gasteiger partial charge in [-0.15, -0.1) is 0 Å². The average molecular weight is 227 g/mol. The molecule has 0 aliphatic heterocycles. The number of hydrogen-bond donors (Lipinski definition) is 3. The second-order valence-corrected chi connectivity index (χ2v) is 4.86. The van der Waals surface area contributed by atoms with Gasteiger partial charge in [0.05, 0.1) is 0 Å². The SMILES string of the molecule is CCC1CCC(NCCCC(N)=NO)C1C. The standard InChI is InChI=1S/C12H25N3O/c1-3-10-6-7-11(9(10)2)14-8-4-5-12(13)15-16/h9-11,14,16H,3-8H2,1-2H3,(H2,13,15). The Kier molecular flexibility index (Phi) is 5.60. The average Bonchev–Trinajstić information content (AvgIpc) is 2.65. The quantitative estimate of drug-likeness (QED) is 0.213. The van der Waals surface area contributed by atoms with Crippen molar-refractivity contribution in [2.75, 3.05) is 6.54 Å². The second-order valence-electron chi connectivity index (χ2n) is 4.86. The lowest BCUT2D eigenvalue weighted by Gasteiger charge is -2.20. The van der Waals surface area contributed by atoms with Crippen molar-refractivity contribution in [1.82, 2.24) is 5.32 Å². The van der Waals surface area contributed by atoms with E-state index in [1.807, 2.05) is 0 Å². The number of hydrogen-bond acceptors (Lipinski definition) is 3. The molecule has 0 aromatic carbocycles. The first-order valence-electron chi connectivity index (χ1n) is 6.38. The summed E-state index contributed by atoms with van der Waals surface area (Å²) in [5, 5.41) is 14.9. The molecule has 16 heavy (non-hydrogen) atoms. The molecule has 4 nitrogen and oxygen atoms in total. The summed E-state index contributed by atoms with van der Waals surface area (Å²) in [6.07, 6.45) is 5.56. The predicted octanol–water partition coefficient (Wildman–Crippen LogP) is 1.93. The van der Waals surface area contributed by atoms with E-state index in [1.165, 1.54) is 19.3 Å². The van der Waals surface area contributed by atoms with E-state index < -0.39 is 0 Å². The first kappa shape index (κ1) is 13.3. The lowest BCUT2D eigenvalue weighted by atomic mass is 9.93. The molecule has 1 aliphatic carbocycles. The first-order valence-corrected chi connectivity index (χ1v) is 6.38. The maximum absolute atomic E-state index is 8.40. The van der Waals surface area contributed by atoms with Crippen molar-refractivity contribution < 1.29 is 5.21 Å². The number of nitrogens with two attached hydrogens (primary N) is 1. The molecule has 0 aromatic rings. The second kappa shape index (κ2) is 6.74. The summed E-state index contributed by atoms with van der Waals surface area (Å²) in [6.45, 7) is 5.59. The van der Waals surface area contributed by atoms with Gasteiger partial charge < -0.3 is 16.3 Å². The zero-order chi connectivity index (χ0) is 12.0. The van der Waals surface area contributed by atoms with E-state index in [-0.39, 0.29) is 0 Å². The third kappa shape index (κ3) is 3.67. The van der Waals surface area contributed by atoms with Crippen LogP contribution in [-0.2, 0) is 0 Å². The van der Waals surface area contributed by atoms with Gasteiger partial charge in [-0.2, -0.15) is 0 Å². The number of amidine groups is 1. The van der Waals surface area contributed by atoms with Gasteiger partial charge in [-0.3, -0.25) is 0 Å². The Bertz CT molecular complexity index is 230. The molecule has 0 radical (unpaired) electrons. The molecule has 0 spiro atoms. The smallest absolute Gasteiger partial charge is 0.139 e. The van der Waals surface area contributed by atoms with Gasteiger partial charge in [0.2, 0.25) is 0 Å². The molecular formula is C12H25N3O. The molecule has 0 heterocycles. The van der Waals surface area contributed by atoms with Gasteiger partial charge in [0.15, 0.2) is 0 Å². The van der Waals surface area contributed by atoms with Crippen LogP contribution in [0.4, 0.5) is 0 Å². The lowest BCUT2D eigenvalue weighted by molar-refractivity contribution is 0.316. The molecule has 1 rings (SSSR count). The monoisotopic (exact) mass is 227 g/mol. The Morgan fingerprint density at radius 3 is 2.81 bits per heavy atom. The van der Waals surface area contributed by atoms with E-state index in [0.717, 1.165) is 24.8 Å². The van der Waals surface area contributed by atoms with Crippen LogP contribution in [0.5, 0.6) is 0 Å². The molecule has 94 valence electrons. The summed E-state index contributed by atoms with van der Waals surface area (Å²) in [6, 6.07) is 0.664. The van der Waals surface area contributed by atoms with Crippen LogP contribution in [-0.4, -0.2) is 23.6 Å². The topological polar surface area (TPSA) is 70.6 Å². The maximum atomic E-state index is 8.40. The molecule has 0 amide bonds. The Hall–Kier alpha value is -0.770. The van der Waals surface area contributed by atoms with Crippen molar-refractivity contribution in [2.45, 2.75) is 52.0 Å². The van der Waals surface area contributed by atoms with Gasteiger partial charge in [0, 0.05) is 12.5 Å². The minimum Gasteiger partial charge on any atom is -0.409 e. The fourth-order valence-corrected chi connectivity index (χ4v) is 2.72. The lowest BCUT2D eigenvalue weighted by Crippen LogP contribution is -2.33. The first-order chi connectivity index (χ1) is 7.69. The van der Waals surface area contributed by atoms with Crippen LogP contribution >= 0.6 is 0 Å². The highest BCUT2D eigenvalue weighted by Crippen LogP contribution is 2.33. The van der Waals surface area contributed by atoms with Crippen LogP contribution in [0, 0.1) is 11.8 Å². The zero-order valence-corrected chi connectivity index (χ0v) is 10.4. The number of nitrogens with zero attached hydrogens (tertiary/aromatic N) is 1. The Morgan fingerprint density at radius 2 is 2.25 bits per heavy atom. The molecule has 0 saturated heterocycles. The molecule has 0 bridgehead atoms. The van der Waals surface area contributed by atoms with Gasteiger partial charge in [-0.25, -0.2) is 0 Å². The minimum atomic E-state index is 0.327. The van der Waals surface area contributed by atoms with E-state index in [4.69, 9.17) is 10.9 Å². The van der Waals surface area contributed by atoms with Gasteiger partial charge in [0.1, 0.15) is 5.84 Å². The molecule has 1 fully saturated rings. The third-order valence-electron chi connectivity index (χ3n) is 3.90. The molecule has 4 heteroatoms. The molecule has 0 aromatic heterocycles. The largest absolute Gasteiger partial charge is 0.409 e. The van der Waals surface area contributed by atoms with Crippen LogP contribution in [0.3, 0.4) is 0 Å². The van der Waals surface area contributed by atoms with Crippen molar-refractivity contribution in [3.05, 3.63) is 0 Å². The van der Waals surface area contributed by atoms with E-state index in [2.05, 4.69) is 24.3 Å². The van der Waals surface area contributed by atoms with Gasteiger partial charge in [-0.05, 0) is 37.6 Å². The summed E-state index contributed by atoms with van der Waals surface area (Å²) >= 11 is 0. The number of oxime groups is 1. The number of nitrogens with one attached hydrogen (secondary N) is 1. The van der Waals surface area contributed by atoms with Crippen LogP contribution in [0.25, 0.3) is 0 Å². The summed E-state index contributed by atoms with van der Waals surface area (Å²) in [4.78, 5) is 0. The Balaban J connectivity index is 2.14. The summed E-state index contributed by atoms with van der Waals surface area (Å²) in [7, 11) is 0. The molecule has 1 aliphatic rings. The van der Waals surface area contributed by atoms with Gasteiger partial charge in [-0.1, -0.05) is 25.4 Å². The van der Waals surface area contributed by atoms with Crippen molar-refractivity contribution in [2.24, 2.45) is 22.7 Å². The van der Waals surface area contributed by atoms with Crippen LogP contribution in [0.1, 0.15) is 46.0 Å². The highest BCUT2D eigenvalue weighted by molar-refractivity contribution is 5.79. The third-order valence-corrected chi connectivity index (χ3v) is 3.90. The normalized spacial score (nSPS) is 30.9. The fourth-order valence-electron chi connectivity index (χ4n) is 2.72. The molecular weight excluding hydrogens is 202 g/mol. The molecule has 3 unspecified atom stereocenters. The van der Waals surface area contributed by atoms with Crippen molar-refractivity contribution in [1.29, 1.82) is 0 Å². The highest BCUT2D eigenvalue weighted by Gasteiger charge is 2.30. The summed E-state index contributed by atoms with van der Waals surface area (Å²) < 4.78 is 0. The molecule has 4 N–H and O–H groups in total. The molecule has 3 atom stereocenters.